The van der Waals surface area contributed by atoms with Crippen molar-refractivity contribution in [2.45, 2.75) is 62.1 Å². The number of sulfone groups is 1. The van der Waals surface area contributed by atoms with Gasteiger partial charge in [0.1, 0.15) is 0 Å². The van der Waals surface area contributed by atoms with Crippen LogP contribution in [0.2, 0.25) is 0 Å². The maximum absolute atomic E-state index is 13.5. The van der Waals surface area contributed by atoms with E-state index in [0.29, 0.717) is 25.0 Å². The molecular weight excluding hydrogens is 382 g/mol. The zero-order valence-electron chi connectivity index (χ0n) is 16.9. The van der Waals surface area contributed by atoms with Crippen LogP contribution in [0.25, 0.3) is 0 Å². The van der Waals surface area contributed by atoms with Crippen LogP contribution in [0.15, 0.2) is 23.1 Å². The number of aryl methyl sites for hydroxylation is 2. The van der Waals surface area contributed by atoms with Gasteiger partial charge in [-0.25, -0.2) is 8.42 Å². The highest BCUT2D eigenvalue weighted by molar-refractivity contribution is 7.93. The number of esters is 1. The molecule has 0 saturated heterocycles. The van der Waals surface area contributed by atoms with E-state index < -0.39 is 33.1 Å². The quantitative estimate of drug-likeness (QED) is 0.658. The average molecular weight is 412 g/mol. The average Bonchev–Trinajstić information content (AvgIpc) is 3.13. The molecule has 0 radical (unpaired) electrons. The van der Waals surface area contributed by atoms with E-state index in [1.807, 2.05) is 13.0 Å². The molecule has 1 atom stereocenters. The first-order valence-corrected chi connectivity index (χ1v) is 10.9. The topological polar surface area (TPSA) is 98.8 Å². The summed E-state index contributed by atoms with van der Waals surface area (Å²) < 4.78 is 35.4. The summed E-state index contributed by atoms with van der Waals surface area (Å²) in [6.07, 6.45) is 1.64. The van der Waals surface area contributed by atoms with E-state index in [2.05, 4.69) is 5.32 Å². The van der Waals surface area contributed by atoms with Crippen molar-refractivity contribution in [1.82, 2.24) is 5.32 Å². The van der Waals surface area contributed by atoms with E-state index in [9.17, 15) is 18.0 Å². The van der Waals surface area contributed by atoms with Gasteiger partial charge in [-0.3, -0.25) is 9.59 Å². The van der Waals surface area contributed by atoms with Crippen molar-refractivity contribution in [3.8, 4) is 0 Å². The normalized spacial score (nSPS) is 17.1. The molecule has 8 heteroatoms. The minimum absolute atomic E-state index is 0.157. The maximum Gasteiger partial charge on any atom is 0.328 e. The molecule has 1 aromatic rings. The molecule has 0 aromatic heterocycles. The highest BCUT2D eigenvalue weighted by Crippen LogP contribution is 2.42. The van der Waals surface area contributed by atoms with E-state index in [0.717, 1.165) is 5.56 Å². The lowest BCUT2D eigenvalue weighted by Crippen LogP contribution is -2.47. The molecule has 1 fully saturated rings. The van der Waals surface area contributed by atoms with Gasteiger partial charge in [-0.2, -0.15) is 0 Å². The molecular formula is C20H29NO6S. The molecule has 0 bridgehead atoms. The summed E-state index contributed by atoms with van der Waals surface area (Å²) in [6, 6.07) is 4.92. The summed E-state index contributed by atoms with van der Waals surface area (Å²) in [7, 11) is -2.44. The first-order chi connectivity index (χ1) is 13.1. The largest absolute Gasteiger partial charge is 0.454 e. The molecule has 28 heavy (non-hydrogen) atoms. The summed E-state index contributed by atoms with van der Waals surface area (Å²) in [5.74, 6) is -1.34. The number of hydrogen-bond donors (Lipinski definition) is 1. The molecule has 1 amide bonds. The van der Waals surface area contributed by atoms with Crippen LogP contribution in [0, 0.1) is 13.8 Å². The van der Waals surface area contributed by atoms with E-state index in [4.69, 9.17) is 9.47 Å². The number of amides is 1. The standard InChI is InChI=1S/C20H29NO6S/c1-14-7-8-15(2)17(11-14)28(24,25)20(9-5-6-10-20)19(23)27-13-18(22)21-16(3)12-26-4/h7-8,11,16H,5-6,9-10,12-13H2,1-4H3,(H,21,22). The van der Waals surface area contributed by atoms with Gasteiger partial charge in [-0.15, -0.1) is 0 Å². The van der Waals surface area contributed by atoms with Crippen molar-refractivity contribution in [1.29, 1.82) is 0 Å². The minimum atomic E-state index is -3.96. The van der Waals surface area contributed by atoms with Crippen molar-refractivity contribution in [3.05, 3.63) is 29.3 Å². The molecule has 156 valence electrons. The van der Waals surface area contributed by atoms with Gasteiger partial charge in [0.25, 0.3) is 5.91 Å². The Morgan fingerprint density at radius 2 is 1.86 bits per heavy atom. The molecule has 2 rings (SSSR count). The van der Waals surface area contributed by atoms with Crippen LogP contribution in [0.5, 0.6) is 0 Å². The van der Waals surface area contributed by atoms with Crippen molar-refractivity contribution < 1.29 is 27.5 Å². The summed E-state index contributed by atoms with van der Waals surface area (Å²) in [5.41, 5.74) is 1.40. The first kappa shape index (κ1) is 22.4. The molecule has 7 nitrogen and oxygen atoms in total. The van der Waals surface area contributed by atoms with Crippen molar-refractivity contribution in [2.24, 2.45) is 0 Å². The van der Waals surface area contributed by atoms with Crippen LogP contribution in [-0.2, 0) is 28.9 Å². The summed E-state index contributed by atoms with van der Waals surface area (Å²) in [4.78, 5) is 25.0. The monoisotopic (exact) mass is 411 g/mol. The van der Waals surface area contributed by atoms with Gasteiger partial charge in [0, 0.05) is 13.2 Å². The van der Waals surface area contributed by atoms with Crippen LogP contribution in [0.4, 0.5) is 0 Å². The third-order valence-electron chi connectivity index (χ3n) is 5.09. The summed E-state index contributed by atoms with van der Waals surface area (Å²) in [5, 5.41) is 2.64. The molecule has 0 aliphatic heterocycles. The Bertz CT molecular complexity index is 827. The zero-order chi connectivity index (χ0) is 20.9. The van der Waals surface area contributed by atoms with Gasteiger partial charge in [0.15, 0.2) is 21.2 Å². The second-order valence-corrected chi connectivity index (χ2v) is 9.70. The highest BCUT2D eigenvalue weighted by atomic mass is 32.2. The number of hydrogen-bond acceptors (Lipinski definition) is 6. The Balaban J connectivity index is 2.22. The Kier molecular flexibility index (Phi) is 7.22. The van der Waals surface area contributed by atoms with E-state index in [1.165, 1.54) is 7.11 Å². The Morgan fingerprint density at radius 3 is 2.46 bits per heavy atom. The molecule has 1 unspecified atom stereocenters. The lowest BCUT2D eigenvalue weighted by atomic mass is 10.1. The number of methoxy groups -OCH3 is 1. The van der Waals surface area contributed by atoms with Crippen molar-refractivity contribution in [3.63, 3.8) is 0 Å². The molecule has 0 heterocycles. The number of carbonyl (C=O) groups is 2. The van der Waals surface area contributed by atoms with Gasteiger partial charge in [-0.05, 0) is 50.8 Å². The SMILES string of the molecule is COCC(C)NC(=O)COC(=O)C1(S(=O)(=O)c2cc(C)ccc2C)CCCC1. The predicted molar refractivity (Wildman–Crippen MR) is 105 cm³/mol. The molecule has 1 N–H and O–H groups in total. The number of benzene rings is 1. The fourth-order valence-corrected chi connectivity index (χ4v) is 5.97. The van der Waals surface area contributed by atoms with Crippen molar-refractivity contribution in [2.75, 3.05) is 20.3 Å². The third kappa shape index (κ3) is 4.55. The lowest BCUT2D eigenvalue weighted by molar-refractivity contribution is -0.151. The van der Waals surface area contributed by atoms with Gasteiger partial charge < -0.3 is 14.8 Å². The van der Waals surface area contributed by atoms with E-state index in [1.54, 1.807) is 26.0 Å². The Hall–Kier alpha value is -1.93. The number of nitrogens with one attached hydrogen (secondary N) is 1. The fourth-order valence-electron chi connectivity index (χ4n) is 3.61. The van der Waals surface area contributed by atoms with Gasteiger partial charge in [-0.1, -0.05) is 25.0 Å². The van der Waals surface area contributed by atoms with Gasteiger partial charge in [0.05, 0.1) is 11.5 Å². The lowest BCUT2D eigenvalue weighted by Gasteiger charge is -2.27. The van der Waals surface area contributed by atoms with Crippen LogP contribution < -0.4 is 5.32 Å². The molecule has 1 aliphatic rings. The molecule has 1 aromatic carbocycles. The molecule has 1 saturated carbocycles. The van der Waals surface area contributed by atoms with E-state index >= 15 is 0 Å². The number of rotatable bonds is 8. The van der Waals surface area contributed by atoms with Crippen LogP contribution in [0.3, 0.4) is 0 Å². The number of carbonyl (C=O) groups excluding carboxylic acids is 2. The van der Waals surface area contributed by atoms with Crippen LogP contribution in [0.1, 0.15) is 43.7 Å². The van der Waals surface area contributed by atoms with Gasteiger partial charge >= 0.3 is 5.97 Å². The summed E-state index contributed by atoms with van der Waals surface area (Å²) in [6.45, 7) is 5.09. The zero-order valence-corrected chi connectivity index (χ0v) is 17.7. The Labute approximate surface area is 166 Å². The second kappa shape index (κ2) is 9.05. The van der Waals surface area contributed by atoms with Crippen LogP contribution in [-0.4, -0.2) is 51.4 Å². The van der Waals surface area contributed by atoms with Crippen molar-refractivity contribution >= 4 is 21.7 Å². The predicted octanol–water partition coefficient (Wildman–Crippen LogP) is 2.08. The summed E-state index contributed by atoms with van der Waals surface area (Å²) >= 11 is 0. The fraction of sp³-hybridized carbons (Fsp3) is 0.600. The number of ether oxygens (including phenoxy) is 2. The van der Waals surface area contributed by atoms with Crippen LogP contribution >= 0.6 is 0 Å². The van der Waals surface area contributed by atoms with Gasteiger partial charge in [0.2, 0.25) is 0 Å². The molecule has 0 spiro atoms. The van der Waals surface area contributed by atoms with E-state index in [-0.39, 0.29) is 23.8 Å². The second-order valence-electron chi connectivity index (χ2n) is 7.47. The highest BCUT2D eigenvalue weighted by Gasteiger charge is 2.54. The molecule has 1 aliphatic carbocycles. The smallest absolute Gasteiger partial charge is 0.328 e. The Morgan fingerprint density at radius 1 is 1.21 bits per heavy atom. The first-order valence-electron chi connectivity index (χ1n) is 9.41. The maximum atomic E-state index is 13.5. The minimum Gasteiger partial charge on any atom is -0.454 e. The third-order valence-corrected chi connectivity index (χ3v) is 7.71.